The molecule has 0 bridgehead atoms. The molecule has 1 aromatic carbocycles. The quantitative estimate of drug-likeness (QED) is 0.456. The summed E-state index contributed by atoms with van der Waals surface area (Å²) in [5.74, 6) is 0. The lowest BCUT2D eigenvalue weighted by atomic mass is 9.86. The van der Waals surface area contributed by atoms with E-state index in [1.807, 2.05) is 18.3 Å². The van der Waals surface area contributed by atoms with Gasteiger partial charge in [0.05, 0.1) is 5.69 Å². The summed E-state index contributed by atoms with van der Waals surface area (Å²) in [7, 11) is 0. The van der Waals surface area contributed by atoms with Gasteiger partial charge in [-0.25, -0.2) is 4.98 Å². The van der Waals surface area contributed by atoms with Crippen molar-refractivity contribution < 1.29 is 4.42 Å². The smallest absolute Gasteiger partial charge is 0.227 e. The van der Waals surface area contributed by atoms with Crippen LogP contribution >= 0.6 is 0 Å². The average Bonchev–Trinajstić information content (AvgIpc) is 2.94. The largest absolute Gasteiger partial charge is 0.437 e. The molecule has 4 rings (SSSR count). The topological polar surface area (TPSA) is 38.9 Å². The van der Waals surface area contributed by atoms with E-state index >= 15 is 0 Å². The number of fused-ring (bicyclic) bond motifs is 3. The van der Waals surface area contributed by atoms with Crippen LogP contribution in [-0.4, -0.2) is 9.97 Å². The minimum Gasteiger partial charge on any atom is -0.437 e. The second-order valence-electron chi connectivity index (χ2n) is 7.87. The van der Waals surface area contributed by atoms with Crippen molar-refractivity contribution in [3.05, 3.63) is 59.9 Å². The number of pyridine rings is 2. The van der Waals surface area contributed by atoms with E-state index in [1.54, 1.807) is 6.20 Å². The number of aromatic nitrogens is 2. The standard InChI is InChI=1S/C22H22N2O/c1-14-13-24-19(11-15(14)12-22(2,3)4)18-8-5-7-16-17-9-6-10-23-21(17)25-20(16)18/h5-11,13H,12H2,1-4H3. The highest BCUT2D eigenvalue weighted by molar-refractivity contribution is 6.08. The molecule has 126 valence electrons. The Morgan fingerprint density at radius 1 is 1.00 bits per heavy atom. The first-order valence-electron chi connectivity index (χ1n) is 8.64. The van der Waals surface area contributed by atoms with E-state index in [9.17, 15) is 0 Å². The Hall–Kier alpha value is -2.68. The van der Waals surface area contributed by atoms with Crippen LogP contribution in [0, 0.1) is 12.3 Å². The van der Waals surface area contributed by atoms with Crippen molar-refractivity contribution in [3.63, 3.8) is 0 Å². The number of hydrogen-bond acceptors (Lipinski definition) is 3. The summed E-state index contributed by atoms with van der Waals surface area (Å²) in [5.41, 5.74) is 6.31. The summed E-state index contributed by atoms with van der Waals surface area (Å²) in [6.45, 7) is 8.91. The molecule has 3 nitrogen and oxygen atoms in total. The number of hydrogen-bond donors (Lipinski definition) is 0. The maximum Gasteiger partial charge on any atom is 0.227 e. The second-order valence-corrected chi connectivity index (χ2v) is 7.87. The highest BCUT2D eigenvalue weighted by Crippen LogP contribution is 2.35. The van der Waals surface area contributed by atoms with Crippen LogP contribution in [0.15, 0.2) is 53.2 Å². The molecule has 0 N–H and O–H groups in total. The first kappa shape index (κ1) is 15.8. The molecule has 0 aliphatic carbocycles. The third-order valence-corrected chi connectivity index (χ3v) is 4.49. The van der Waals surface area contributed by atoms with Gasteiger partial charge in [-0.05, 0) is 54.2 Å². The number of benzene rings is 1. The first-order valence-corrected chi connectivity index (χ1v) is 8.64. The summed E-state index contributed by atoms with van der Waals surface area (Å²) in [4.78, 5) is 9.03. The summed E-state index contributed by atoms with van der Waals surface area (Å²) in [5, 5.41) is 2.13. The number of aryl methyl sites for hydroxylation is 1. The van der Waals surface area contributed by atoms with Gasteiger partial charge in [-0.2, -0.15) is 0 Å². The lowest BCUT2D eigenvalue weighted by Crippen LogP contribution is -2.10. The fraction of sp³-hybridized carbons (Fsp3) is 0.273. The van der Waals surface area contributed by atoms with Crippen molar-refractivity contribution in [2.75, 3.05) is 0 Å². The Morgan fingerprint density at radius 3 is 2.60 bits per heavy atom. The Balaban J connectivity index is 1.91. The van der Waals surface area contributed by atoms with Crippen LogP contribution in [0.2, 0.25) is 0 Å². The Bertz CT molecular complexity index is 1070. The molecule has 0 atom stereocenters. The molecule has 0 spiro atoms. The molecule has 0 saturated carbocycles. The molecular formula is C22H22N2O. The van der Waals surface area contributed by atoms with E-state index in [1.165, 1.54) is 11.1 Å². The molecular weight excluding hydrogens is 308 g/mol. The van der Waals surface area contributed by atoms with Gasteiger partial charge in [-0.3, -0.25) is 4.98 Å². The third-order valence-electron chi connectivity index (χ3n) is 4.49. The molecule has 0 fully saturated rings. The molecule has 0 amide bonds. The van der Waals surface area contributed by atoms with Gasteiger partial charge in [0.1, 0.15) is 5.58 Å². The molecule has 25 heavy (non-hydrogen) atoms. The van der Waals surface area contributed by atoms with Gasteiger partial charge >= 0.3 is 0 Å². The van der Waals surface area contributed by atoms with Gasteiger partial charge in [0, 0.05) is 28.7 Å². The number of nitrogens with zero attached hydrogens (tertiary/aromatic N) is 2. The van der Waals surface area contributed by atoms with Crippen molar-refractivity contribution in [2.24, 2.45) is 5.41 Å². The number of rotatable bonds is 2. The van der Waals surface area contributed by atoms with Gasteiger partial charge in [0.2, 0.25) is 5.71 Å². The molecule has 0 radical (unpaired) electrons. The number of furan rings is 1. The van der Waals surface area contributed by atoms with Crippen molar-refractivity contribution in [2.45, 2.75) is 34.1 Å². The van der Waals surface area contributed by atoms with Crippen LogP contribution in [0.1, 0.15) is 31.9 Å². The fourth-order valence-electron chi connectivity index (χ4n) is 3.31. The Kier molecular flexibility index (Phi) is 3.60. The molecule has 3 heteroatoms. The molecule has 3 heterocycles. The van der Waals surface area contributed by atoms with Crippen LogP contribution in [0.4, 0.5) is 0 Å². The summed E-state index contributed by atoms with van der Waals surface area (Å²) < 4.78 is 6.06. The first-order chi connectivity index (χ1) is 11.9. The number of para-hydroxylation sites is 1. The van der Waals surface area contributed by atoms with Gasteiger partial charge < -0.3 is 4.42 Å². The van der Waals surface area contributed by atoms with E-state index in [-0.39, 0.29) is 5.41 Å². The normalized spacial score (nSPS) is 12.2. The monoisotopic (exact) mass is 330 g/mol. The van der Waals surface area contributed by atoms with Crippen molar-refractivity contribution in [1.82, 2.24) is 9.97 Å². The predicted molar refractivity (Wildman–Crippen MR) is 103 cm³/mol. The maximum absolute atomic E-state index is 6.06. The van der Waals surface area contributed by atoms with Crippen molar-refractivity contribution in [3.8, 4) is 11.3 Å². The Morgan fingerprint density at radius 2 is 1.80 bits per heavy atom. The van der Waals surface area contributed by atoms with E-state index in [2.05, 4.69) is 61.9 Å². The molecule has 0 aliphatic rings. The predicted octanol–water partition coefficient (Wildman–Crippen LogP) is 5.94. The minimum atomic E-state index is 0.235. The van der Waals surface area contributed by atoms with Gasteiger partial charge in [-0.1, -0.05) is 32.9 Å². The van der Waals surface area contributed by atoms with Gasteiger partial charge in [-0.15, -0.1) is 0 Å². The van der Waals surface area contributed by atoms with Crippen molar-refractivity contribution in [1.29, 1.82) is 0 Å². The molecule has 0 unspecified atom stereocenters. The lowest BCUT2D eigenvalue weighted by Gasteiger charge is -2.20. The van der Waals surface area contributed by atoms with Crippen LogP contribution in [-0.2, 0) is 6.42 Å². The third kappa shape index (κ3) is 2.91. The molecule has 0 saturated heterocycles. The summed E-state index contributed by atoms with van der Waals surface area (Å²) in [6, 6.07) is 12.4. The van der Waals surface area contributed by atoms with Crippen LogP contribution in [0.5, 0.6) is 0 Å². The zero-order valence-electron chi connectivity index (χ0n) is 15.1. The molecule has 0 aliphatic heterocycles. The molecule has 4 aromatic rings. The van der Waals surface area contributed by atoms with Gasteiger partial charge in [0.25, 0.3) is 0 Å². The second kappa shape index (κ2) is 5.69. The lowest BCUT2D eigenvalue weighted by molar-refractivity contribution is 0.410. The van der Waals surface area contributed by atoms with Crippen LogP contribution < -0.4 is 0 Å². The fourth-order valence-corrected chi connectivity index (χ4v) is 3.31. The van der Waals surface area contributed by atoms with Crippen molar-refractivity contribution >= 4 is 22.1 Å². The minimum absolute atomic E-state index is 0.235. The Labute approximate surface area is 147 Å². The van der Waals surface area contributed by atoms with Gasteiger partial charge in [0.15, 0.2) is 0 Å². The average molecular weight is 330 g/mol. The highest BCUT2D eigenvalue weighted by atomic mass is 16.3. The van der Waals surface area contributed by atoms with Crippen LogP contribution in [0.3, 0.4) is 0 Å². The maximum atomic E-state index is 6.06. The van der Waals surface area contributed by atoms with E-state index in [4.69, 9.17) is 4.42 Å². The summed E-state index contributed by atoms with van der Waals surface area (Å²) >= 11 is 0. The zero-order chi connectivity index (χ0) is 17.6. The zero-order valence-corrected chi connectivity index (χ0v) is 15.1. The SMILES string of the molecule is Cc1cnc(-c2cccc3c2oc2ncccc23)cc1CC(C)(C)C. The van der Waals surface area contributed by atoms with E-state index in [0.717, 1.165) is 34.0 Å². The van der Waals surface area contributed by atoms with E-state index < -0.39 is 0 Å². The molecule has 3 aromatic heterocycles. The highest BCUT2D eigenvalue weighted by Gasteiger charge is 2.17. The van der Waals surface area contributed by atoms with E-state index in [0.29, 0.717) is 5.71 Å². The summed E-state index contributed by atoms with van der Waals surface area (Å²) in [6.07, 6.45) is 4.75. The van der Waals surface area contributed by atoms with Crippen LogP contribution in [0.25, 0.3) is 33.3 Å².